The molecule has 3 heterocycles. The van der Waals surface area contributed by atoms with E-state index in [2.05, 4.69) is 36.3 Å². The lowest BCUT2D eigenvalue weighted by Gasteiger charge is -2.32. The topological polar surface area (TPSA) is 78.1 Å². The predicted octanol–water partition coefficient (Wildman–Crippen LogP) is 4.09. The number of unbranched alkanes of at least 4 members (excludes halogenated alkanes) is 1. The number of hydrogen-bond donors (Lipinski definition) is 2. The molecule has 1 fully saturated rings. The Balaban J connectivity index is 1.63. The van der Waals surface area contributed by atoms with Crippen LogP contribution in [-0.4, -0.2) is 35.5 Å². The average Bonchev–Trinajstić information content (AvgIpc) is 3.19. The lowest BCUT2D eigenvalue weighted by molar-refractivity contribution is -0.125. The molecule has 4 rings (SSSR count). The summed E-state index contributed by atoms with van der Waals surface area (Å²) in [5, 5.41) is 5.06. The molecule has 1 aliphatic rings. The molecule has 3 aromatic rings. The zero-order valence-electron chi connectivity index (χ0n) is 17.5. The van der Waals surface area contributed by atoms with Gasteiger partial charge in [0, 0.05) is 30.6 Å². The number of hydrogen-bond acceptors (Lipinski definition) is 5. The molecular weight excluding hydrogens is 396 g/mol. The van der Waals surface area contributed by atoms with Crippen LogP contribution in [0.3, 0.4) is 0 Å². The number of aromatic nitrogens is 2. The molecule has 6 nitrogen and oxygen atoms in total. The number of carbonyl (C=O) groups excluding carboxylic acids is 1. The van der Waals surface area contributed by atoms with E-state index in [1.165, 1.54) is 11.3 Å². The summed E-state index contributed by atoms with van der Waals surface area (Å²) in [5.41, 5.74) is 3.87. The van der Waals surface area contributed by atoms with Crippen molar-refractivity contribution in [2.24, 2.45) is 5.92 Å². The fraction of sp³-hybridized carbons (Fsp3) is 0.435. The second-order valence-electron chi connectivity index (χ2n) is 7.96. The maximum atomic E-state index is 12.8. The lowest BCUT2D eigenvalue weighted by Crippen LogP contribution is -2.44. The summed E-state index contributed by atoms with van der Waals surface area (Å²) >= 11 is 1.43. The van der Waals surface area contributed by atoms with Crippen molar-refractivity contribution in [1.82, 2.24) is 15.3 Å². The minimum absolute atomic E-state index is 0.0741. The summed E-state index contributed by atoms with van der Waals surface area (Å²) in [5.74, 6) is 0.592. The number of thiophene rings is 1. The molecular formula is C23H28N4O2S. The maximum absolute atomic E-state index is 12.8. The molecule has 1 aromatic carbocycles. The Morgan fingerprint density at radius 1 is 1.33 bits per heavy atom. The number of H-pyrrole nitrogens is 1. The molecule has 0 bridgehead atoms. The largest absolute Gasteiger partial charge is 0.356 e. The van der Waals surface area contributed by atoms with Gasteiger partial charge in [-0.15, -0.1) is 11.3 Å². The molecule has 0 aliphatic carbocycles. The van der Waals surface area contributed by atoms with Crippen LogP contribution in [0.4, 0.5) is 5.95 Å². The minimum atomic E-state index is -0.116. The number of aryl methyl sites for hydroxylation is 1. The number of anilines is 1. The number of rotatable bonds is 6. The zero-order valence-corrected chi connectivity index (χ0v) is 18.3. The second kappa shape index (κ2) is 9.00. The smallest absolute Gasteiger partial charge is 0.270 e. The number of fused-ring (bicyclic) bond motifs is 1. The fourth-order valence-corrected chi connectivity index (χ4v) is 4.95. The van der Waals surface area contributed by atoms with E-state index in [1.807, 2.05) is 22.4 Å². The van der Waals surface area contributed by atoms with Crippen LogP contribution in [0.1, 0.15) is 38.2 Å². The highest BCUT2D eigenvalue weighted by Gasteiger charge is 2.27. The van der Waals surface area contributed by atoms with Gasteiger partial charge in [0.05, 0.1) is 11.4 Å². The van der Waals surface area contributed by atoms with Crippen molar-refractivity contribution in [3.8, 4) is 11.1 Å². The van der Waals surface area contributed by atoms with Gasteiger partial charge in [-0.05, 0) is 37.3 Å². The molecule has 1 atom stereocenters. The summed E-state index contributed by atoms with van der Waals surface area (Å²) in [4.78, 5) is 35.2. The Labute approximate surface area is 180 Å². The number of nitrogens with one attached hydrogen (secondary N) is 2. The molecule has 1 amide bonds. The summed E-state index contributed by atoms with van der Waals surface area (Å²) in [6.07, 6.45) is 3.83. The van der Waals surface area contributed by atoms with Gasteiger partial charge >= 0.3 is 0 Å². The molecule has 0 radical (unpaired) electrons. The fourth-order valence-electron chi connectivity index (χ4n) is 4.05. The van der Waals surface area contributed by atoms with Crippen molar-refractivity contribution in [3.05, 3.63) is 45.6 Å². The molecule has 0 unspecified atom stereocenters. The van der Waals surface area contributed by atoms with Crippen LogP contribution in [0.2, 0.25) is 0 Å². The Kier molecular flexibility index (Phi) is 6.18. The van der Waals surface area contributed by atoms with Crippen LogP contribution in [0.5, 0.6) is 0 Å². The molecule has 0 spiro atoms. The molecule has 2 aromatic heterocycles. The average molecular weight is 425 g/mol. The first-order valence-electron chi connectivity index (χ1n) is 10.7. The van der Waals surface area contributed by atoms with E-state index in [0.29, 0.717) is 17.2 Å². The van der Waals surface area contributed by atoms with Gasteiger partial charge in [0.1, 0.15) is 4.70 Å². The summed E-state index contributed by atoms with van der Waals surface area (Å²) in [7, 11) is 0. The number of benzene rings is 1. The van der Waals surface area contributed by atoms with E-state index in [1.54, 1.807) is 0 Å². The van der Waals surface area contributed by atoms with Gasteiger partial charge in [-0.1, -0.05) is 37.6 Å². The van der Waals surface area contributed by atoms with Gasteiger partial charge in [-0.3, -0.25) is 14.6 Å². The van der Waals surface area contributed by atoms with Gasteiger partial charge in [0.15, 0.2) is 0 Å². The first kappa shape index (κ1) is 20.6. The number of aromatic amines is 1. The number of carbonyl (C=O) groups is 1. The highest BCUT2D eigenvalue weighted by molar-refractivity contribution is 7.17. The Hall–Kier alpha value is -2.67. The third-order valence-electron chi connectivity index (χ3n) is 5.77. The molecule has 1 aliphatic heterocycles. The van der Waals surface area contributed by atoms with Gasteiger partial charge in [-0.2, -0.15) is 0 Å². The standard InChI is InChI=1S/C23H28N4O2S/c1-3-4-11-24-21(28)16-9-7-12-27(13-16)23-25-19-18(14-30-20(19)22(29)26-23)17-10-6-5-8-15(17)2/h5-6,8,10,14,16H,3-4,7,9,11-13H2,1-2H3,(H,24,28)(H,25,26,29)/t16-/m1/s1. The summed E-state index contributed by atoms with van der Waals surface area (Å²) < 4.78 is 0.642. The normalized spacial score (nSPS) is 16.7. The van der Waals surface area contributed by atoms with Gasteiger partial charge in [-0.25, -0.2) is 4.98 Å². The Bertz CT molecular complexity index is 1100. The van der Waals surface area contributed by atoms with Crippen LogP contribution in [0.15, 0.2) is 34.4 Å². The van der Waals surface area contributed by atoms with Crippen LogP contribution >= 0.6 is 11.3 Å². The highest BCUT2D eigenvalue weighted by Crippen LogP contribution is 2.33. The van der Waals surface area contributed by atoms with E-state index in [4.69, 9.17) is 4.98 Å². The molecule has 0 saturated carbocycles. The molecule has 7 heteroatoms. The number of piperidine rings is 1. The van der Waals surface area contributed by atoms with Crippen LogP contribution in [0.25, 0.3) is 21.3 Å². The van der Waals surface area contributed by atoms with E-state index < -0.39 is 0 Å². The van der Waals surface area contributed by atoms with Crippen molar-refractivity contribution in [2.75, 3.05) is 24.5 Å². The van der Waals surface area contributed by atoms with Gasteiger partial charge < -0.3 is 10.2 Å². The lowest BCUT2D eigenvalue weighted by atomic mass is 9.97. The number of nitrogens with zero attached hydrogens (tertiary/aromatic N) is 2. The van der Waals surface area contributed by atoms with E-state index in [0.717, 1.165) is 61.0 Å². The van der Waals surface area contributed by atoms with Crippen molar-refractivity contribution < 1.29 is 4.79 Å². The van der Waals surface area contributed by atoms with E-state index >= 15 is 0 Å². The van der Waals surface area contributed by atoms with Crippen LogP contribution in [0, 0.1) is 12.8 Å². The van der Waals surface area contributed by atoms with Crippen molar-refractivity contribution in [1.29, 1.82) is 0 Å². The third-order valence-corrected chi connectivity index (χ3v) is 6.74. The van der Waals surface area contributed by atoms with Crippen molar-refractivity contribution >= 4 is 33.4 Å². The van der Waals surface area contributed by atoms with Crippen LogP contribution in [-0.2, 0) is 4.79 Å². The summed E-state index contributed by atoms with van der Waals surface area (Å²) in [6, 6.07) is 8.15. The molecule has 2 N–H and O–H groups in total. The monoisotopic (exact) mass is 424 g/mol. The van der Waals surface area contributed by atoms with E-state index in [-0.39, 0.29) is 17.4 Å². The zero-order chi connectivity index (χ0) is 21.1. The summed E-state index contributed by atoms with van der Waals surface area (Å²) in [6.45, 7) is 6.27. The maximum Gasteiger partial charge on any atom is 0.270 e. The first-order chi connectivity index (χ1) is 14.6. The number of amides is 1. The minimum Gasteiger partial charge on any atom is -0.356 e. The van der Waals surface area contributed by atoms with Gasteiger partial charge in [0.2, 0.25) is 11.9 Å². The molecule has 30 heavy (non-hydrogen) atoms. The Morgan fingerprint density at radius 3 is 2.97 bits per heavy atom. The predicted molar refractivity (Wildman–Crippen MR) is 123 cm³/mol. The van der Waals surface area contributed by atoms with Gasteiger partial charge in [0.25, 0.3) is 5.56 Å². The second-order valence-corrected chi connectivity index (χ2v) is 8.84. The van der Waals surface area contributed by atoms with Crippen molar-refractivity contribution in [2.45, 2.75) is 39.5 Å². The Morgan fingerprint density at radius 2 is 2.17 bits per heavy atom. The van der Waals surface area contributed by atoms with Crippen LogP contribution < -0.4 is 15.8 Å². The highest BCUT2D eigenvalue weighted by atomic mass is 32.1. The molecule has 158 valence electrons. The third kappa shape index (κ3) is 4.12. The SMILES string of the molecule is CCCCNC(=O)[C@@H]1CCCN(c2nc3c(-c4ccccc4C)csc3c(=O)[nH]2)C1. The van der Waals surface area contributed by atoms with E-state index in [9.17, 15) is 9.59 Å². The molecule has 1 saturated heterocycles. The quantitative estimate of drug-likeness (QED) is 0.584. The first-order valence-corrected chi connectivity index (χ1v) is 11.6. The van der Waals surface area contributed by atoms with Crippen molar-refractivity contribution in [3.63, 3.8) is 0 Å².